The molecule has 3 heterocycles. The molecule has 150 valence electrons. The van der Waals surface area contributed by atoms with Gasteiger partial charge in [0, 0.05) is 7.11 Å². The number of nitrogens with zero attached hydrogens (tertiary/aromatic N) is 3. The molecule has 0 aromatic carbocycles. The Hall–Kier alpha value is -2.16. The Morgan fingerprint density at radius 3 is 2.71 bits per heavy atom. The highest BCUT2D eigenvalue weighted by Gasteiger charge is 2.54. The summed E-state index contributed by atoms with van der Waals surface area (Å²) in [5.41, 5.74) is 4.88. The number of halogens is 1. The second-order valence-electron chi connectivity index (χ2n) is 5.44. The molecule has 3 rings (SSSR count). The number of nitrogens with two attached hydrogens (primary N) is 1. The van der Waals surface area contributed by atoms with Crippen molar-refractivity contribution in [2.75, 3.05) is 20.0 Å². The molecule has 11 nitrogen and oxygen atoms in total. The third-order valence-corrected chi connectivity index (χ3v) is 6.73. The number of hydrogen-bond donors (Lipinski definition) is 3. The third-order valence-electron chi connectivity index (χ3n) is 3.83. The lowest BCUT2D eigenvalue weighted by Crippen LogP contribution is -2.71. The fourth-order valence-electron chi connectivity index (χ4n) is 2.63. The molecule has 0 aliphatic carbocycles. The predicted molar refractivity (Wildman–Crippen MR) is 104 cm³/mol. The van der Waals surface area contributed by atoms with Gasteiger partial charge in [0.1, 0.15) is 39.1 Å². The average molecular weight is 492 g/mol. The molecule has 14 heteroatoms. The summed E-state index contributed by atoms with van der Waals surface area (Å²) in [6.45, 7) is 0. The predicted octanol–water partition coefficient (Wildman–Crippen LogP) is 0.179. The van der Waals surface area contributed by atoms with E-state index >= 15 is 0 Å². The first-order chi connectivity index (χ1) is 13.3. The van der Waals surface area contributed by atoms with Crippen molar-refractivity contribution < 1.29 is 29.1 Å². The van der Waals surface area contributed by atoms with Crippen LogP contribution < -0.4 is 11.1 Å². The third kappa shape index (κ3) is 3.59. The first-order valence-corrected chi connectivity index (χ1v) is 10.1. The summed E-state index contributed by atoms with van der Waals surface area (Å²) in [7, 11) is 2.68. The van der Waals surface area contributed by atoms with Gasteiger partial charge in [-0.3, -0.25) is 14.5 Å². The SMILES string of the molecule is CON=C(C(=O)NC1C(=O)N2C(C(=O)O)=CC(OC)S[C@@H]12)c1nc(N)sc1Br. The number of thioether (sulfide) groups is 1. The topological polar surface area (TPSA) is 156 Å². The molecular formula is C14H14BrN5O6S2. The Bertz CT molecular complexity index is 903. The number of carboxylic acid groups (broad SMARTS) is 1. The minimum atomic E-state index is -1.26. The molecule has 2 aliphatic rings. The van der Waals surface area contributed by atoms with Gasteiger partial charge in [-0.2, -0.15) is 0 Å². The van der Waals surface area contributed by atoms with E-state index in [1.54, 1.807) is 0 Å². The number of methoxy groups -OCH3 is 1. The van der Waals surface area contributed by atoms with Gasteiger partial charge in [0.25, 0.3) is 11.8 Å². The van der Waals surface area contributed by atoms with E-state index in [0.29, 0.717) is 3.79 Å². The molecule has 0 radical (unpaired) electrons. The number of oxime groups is 1. The lowest BCUT2D eigenvalue weighted by molar-refractivity contribution is -0.150. The van der Waals surface area contributed by atoms with E-state index in [9.17, 15) is 19.5 Å². The molecule has 0 spiro atoms. The van der Waals surface area contributed by atoms with Crippen LogP contribution in [0, 0.1) is 0 Å². The van der Waals surface area contributed by atoms with Crippen LogP contribution in [-0.2, 0) is 24.0 Å². The fourth-order valence-corrected chi connectivity index (χ4v) is 5.24. The lowest BCUT2D eigenvalue weighted by Gasteiger charge is -2.49. The maximum Gasteiger partial charge on any atom is 0.352 e. The van der Waals surface area contributed by atoms with Gasteiger partial charge >= 0.3 is 5.97 Å². The molecule has 2 amide bonds. The van der Waals surface area contributed by atoms with Gasteiger partial charge in [0.15, 0.2) is 10.8 Å². The van der Waals surface area contributed by atoms with Crippen LogP contribution in [0.1, 0.15) is 5.69 Å². The number of aromatic nitrogens is 1. The van der Waals surface area contributed by atoms with Gasteiger partial charge in [-0.15, -0.1) is 0 Å². The van der Waals surface area contributed by atoms with Crippen LogP contribution in [0.5, 0.6) is 0 Å². The summed E-state index contributed by atoms with van der Waals surface area (Å²) in [4.78, 5) is 46.5. The number of thiazole rings is 1. The molecule has 1 aromatic heterocycles. The monoisotopic (exact) mass is 491 g/mol. The summed E-state index contributed by atoms with van der Waals surface area (Å²) in [5, 5.41) is 15.1. The van der Waals surface area contributed by atoms with E-state index in [4.69, 9.17) is 15.3 Å². The summed E-state index contributed by atoms with van der Waals surface area (Å²) in [5.74, 6) is -2.52. The molecule has 1 fully saturated rings. The van der Waals surface area contributed by atoms with Crippen molar-refractivity contribution in [3.8, 4) is 0 Å². The number of β-lactam (4-membered cyclic amide) rings is 1. The number of rotatable bonds is 6. The van der Waals surface area contributed by atoms with Crippen molar-refractivity contribution >= 4 is 67.7 Å². The zero-order valence-electron chi connectivity index (χ0n) is 14.4. The van der Waals surface area contributed by atoms with Crippen LogP contribution in [0.25, 0.3) is 0 Å². The van der Waals surface area contributed by atoms with E-state index in [1.165, 1.54) is 32.1 Å². The zero-order valence-corrected chi connectivity index (χ0v) is 17.6. The minimum absolute atomic E-state index is 0.169. The van der Waals surface area contributed by atoms with Crippen molar-refractivity contribution in [1.82, 2.24) is 15.2 Å². The zero-order chi connectivity index (χ0) is 20.6. The largest absolute Gasteiger partial charge is 0.477 e. The highest BCUT2D eigenvalue weighted by Crippen LogP contribution is 2.41. The molecule has 1 aromatic rings. The summed E-state index contributed by atoms with van der Waals surface area (Å²) < 4.78 is 5.66. The smallest absolute Gasteiger partial charge is 0.352 e. The number of nitrogens with one attached hydrogen (secondary N) is 1. The van der Waals surface area contributed by atoms with Crippen molar-refractivity contribution in [2.45, 2.75) is 16.9 Å². The van der Waals surface area contributed by atoms with Crippen LogP contribution in [0.3, 0.4) is 0 Å². The van der Waals surface area contributed by atoms with Crippen molar-refractivity contribution in [1.29, 1.82) is 0 Å². The number of hydrogen-bond acceptors (Lipinski definition) is 10. The number of carbonyl (C=O) groups is 3. The van der Waals surface area contributed by atoms with Gasteiger partial charge in [-0.05, 0) is 22.0 Å². The summed E-state index contributed by atoms with van der Waals surface area (Å²) in [6, 6.07) is -0.963. The molecule has 1 saturated heterocycles. The Labute approximate surface area is 175 Å². The Balaban J connectivity index is 1.82. The van der Waals surface area contributed by atoms with E-state index in [2.05, 4.69) is 31.4 Å². The van der Waals surface area contributed by atoms with Gasteiger partial charge in [-0.1, -0.05) is 28.3 Å². The normalized spacial score (nSPS) is 24.2. The van der Waals surface area contributed by atoms with Gasteiger partial charge in [-0.25, -0.2) is 9.78 Å². The second-order valence-corrected chi connectivity index (χ2v) is 9.01. The van der Waals surface area contributed by atoms with Crippen molar-refractivity contribution in [3.05, 3.63) is 21.3 Å². The number of aliphatic carboxylic acids is 1. The fraction of sp³-hybridized carbons (Fsp3) is 0.357. The quantitative estimate of drug-likeness (QED) is 0.286. The summed E-state index contributed by atoms with van der Waals surface area (Å²) >= 11 is 5.55. The number of fused-ring (bicyclic) bond motifs is 1. The maximum atomic E-state index is 12.7. The molecule has 3 atom stereocenters. The highest BCUT2D eigenvalue weighted by molar-refractivity contribution is 9.11. The average Bonchev–Trinajstić information content (AvgIpc) is 3.00. The van der Waals surface area contributed by atoms with Gasteiger partial charge in [0.05, 0.1) is 0 Å². The molecule has 0 bridgehead atoms. The van der Waals surface area contributed by atoms with Crippen LogP contribution in [0.4, 0.5) is 5.13 Å². The molecule has 0 saturated carbocycles. The number of anilines is 1. The number of ether oxygens (including phenoxy) is 1. The van der Waals surface area contributed by atoms with Crippen LogP contribution in [0.2, 0.25) is 0 Å². The molecule has 2 unspecified atom stereocenters. The second kappa shape index (κ2) is 8.06. The van der Waals surface area contributed by atoms with E-state index < -0.39 is 34.6 Å². The lowest BCUT2D eigenvalue weighted by atomic mass is 10.0. The van der Waals surface area contributed by atoms with Crippen molar-refractivity contribution in [2.24, 2.45) is 5.16 Å². The highest BCUT2D eigenvalue weighted by atomic mass is 79.9. The molecule has 4 N–H and O–H groups in total. The number of nitrogen functional groups attached to an aromatic ring is 1. The molecule has 28 heavy (non-hydrogen) atoms. The minimum Gasteiger partial charge on any atom is -0.477 e. The summed E-state index contributed by atoms with van der Waals surface area (Å²) in [6.07, 6.45) is 1.34. The number of carboxylic acids is 1. The Kier molecular flexibility index (Phi) is 5.92. The first kappa shape index (κ1) is 20.6. The number of carbonyl (C=O) groups excluding carboxylic acids is 2. The van der Waals surface area contributed by atoms with Crippen molar-refractivity contribution in [3.63, 3.8) is 0 Å². The van der Waals surface area contributed by atoms with E-state index in [0.717, 1.165) is 16.2 Å². The molecular weight excluding hydrogens is 478 g/mol. The van der Waals surface area contributed by atoms with E-state index in [1.807, 2.05) is 0 Å². The van der Waals surface area contributed by atoms with Gasteiger partial charge < -0.3 is 25.7 Å². The Morgan fingerprint density at radius 2 is 2.18 bits per heavy atom. The maximum absolute atomic E-state index is 12.7. The van der Waals surface area contributed by atoms with Gasteiger partial charge in [0.2, 0.25) is 0 Å². The van der Waals surface area contributed by atoms with E-state index in [-0.39, 0.29) is 22.2 Å². The first-order valence-electron chi connectivity index (χ1n) is 7.59. The number of amides is 2. The molecule has 2 aliphatic heterocycles. The van der Waals surface area contributed by atoms with Crippen LogP contribution in [0.15, 0.2) is 20.7 Å². The van der Waals surface area contributed by atoms with Crippen LogP contribution in [-0.4, -0.2) is 69.6 Å². The standard InChI is InChI=1S/C14H14BrN5O6S2/c1-25-5-3-4(13(23)24)20-11(22)8(12(20)27-5)17-10(21)7(19-26-2)6-9(15)28-14(16)18-6/h3,5,8,12H,1-2H3,(H2,16,18)(H,17,21)(H,23,24)/t5?,8?,12-/m0/s1. The Morgan fingerprint density at radius 1 is 1.46 bits per heavy atom. The van der Waals surface area contributed by atoms with Crippen LogP contribution >= 0.6 is 39.0 Å².